The van der Waals surface area contributed by atoms with Gasteiger partial charge in [0.15, 0.2) is 5.76 Å². The van der Waals surface area contributed by atoms with Crippen LogP contribution in [-0.2, 0) is 0 Å². The molecule has 112 valence electrons. The first-order valence-corrected chi connectivity index (χ1v) is 7.58. The maximum Gasteiger partial charge on any atom is 0.286 e. The predicted molar refractivity (Wildman–Crippen MR) is 84.8 cm³/mol. The number of halogens is 1. The molecule has 21 heavy (non-hydrogen) atoms. The Kier molecular flexibility index (Phi) is 5.45. The van der Waals surface area contributed by atoms with E-state index in [-0.39, 0.29) is 11.3 Å². The van der Waals surface area contributed by atoms with Crippen molar-refractivity contribution < 1.29 is 9.21 Å². The molecule has 0 saturated heterocycles. The van der Waals surface area contributed by atoms with Crippen LogP contribution >= 0.6 is 11.6 Å². The van der Waals surface area contributed by atoms with Gasteiger partial charge in [-0.05, 0) is 37.0 Å². The summed E-state index contributed by atoms with van der Waals surface area (Å²) in [6, 6.07) is 13.7. The van der Waals surface area contributed by atoms with E-state index in [2.05, 4.69) is 24.4 Å². The van der Waals surface area contributed by atoms with E-state index in [0.29, 0.717) is 24.0 Å². The molecule has 1 heterocycles. The van der Waals surface area contributed by atoms with E-state index in [1.54, 1.807) is 12.1 Å². The highest BCUT2D eigenvalue weighted by atomic mass is 35.5. The number of alkyl halides is 1. The lowest BCUT2D eigenvalue weighted by molar-refractivity contribution is 0.0923. The summed E-state index contributed by atoms with van der Waals surface area (Å²) >= 11 is 5.91. The average molecular weight is 306 g/mol. The fourth-order valence-electron chi connectivity index (χ4n) is 2.13. The van der Waals surface area contributed by atoms with Crippen molar-refractivity contribution in [1.29, 1.82) is 0 Å². The molecule has 0 aliphatic carbocycles. The minimum Gasteiger partial charge on any atom is -0.454 e. The van der Waals surface area contributed by atoms with E-state index in [4.69, 9.17) is 16.0 Å². The molecule has 1 aromatic carbocycles. The Bertz CT molecular complexity index is 577. The molecule has 2 aromatic rings. The summed E-state index contributed by atoms with van der Waals surface area (Å²) in [6.45, 7) is 4.58. The minimum atomic E-state index is -0.232. The molecule has 0 saturated carbocycles. The molecule has 3 nitrogen and oxygen atoms in total. The van der Waals surface area contributed by atoms with Crippen molar-refractivity contribution in [3.8, 4) is 0 Å². The van der Waals surface area contributed by atoms with Gasteiger partial charge in [0.1, 0.15) is 5.76 Å². The second-order valence-electron chi connectivity index (χ2n) is 5.17. The first-order valence-electron chi connectivity index (χ1n) is 7.15. The van der Waals surface area contributed by atoms with Crippen molar-refractivity contribution in [2.24, 2.45) is 0 Å². The van der Waals surface area contributed by atoms with Crippen LogP contribution in [0.5, 0.6) is 0 Å². The van der Waals surface area contributed by atoms with Crippen molar-refractivity contribution in [2.45, 2.75) is 31.6 Å². The van der Waals surface area contributed by atoms with Gasteiger partial charge in [0, 0.05) is 6.54 Å². The van der Waals surface area contributed by atoms with Gasteiger partial charge in [0.05, 0.1) is 5.38 Å². The first-order chi connectivity index (χ1) is 10.1. The summed E-state index contributed by atoms with van der Waals surface area (Å²) < 4.78 is 5.41. The maximum atomic E-state index is 12.0. The number of amides is 1. The van der Waals surface area contributed by atoms with Crippen LogP contribution in [0.15, 0.2) is 46.9 Å². The Balaban J connectivity index is 1.81. The van der Waals surface area contributed by atoms with Gasteiger partial charge in [0.2, 0.25) is 0 Å². The number of carbonyl (C=O) groups excluding carboxylic acids is 1. The Morgan fingerprint density at radius 3 is 2.52 bits per heavy atom. The smallest absolute Gasteiger partial charge is 0.286 e. The van der Waals surface area contributed by atoms with Crippen molar-refractivity contribution in [3.63, 3.8) is 0 Å². The number of hydrogen-bond acceptors (Lipinski definition) is 2. The molecule has 4 heteroatoms. The van der Waals surface area contributed by atoms with Crippen LogP contribution in [0.1, 0.15) is 53.4 Å². The Hall–Kier alpha value is -1.74. The summed E-state index contributed by atoms with van der Waals surface area (Å²) in [6.07, 6.45) is 0.884. The normalized spacial score (nSPS) is 13.7. The standard InChI is InChI=1S/C17H20ClNO2/c1-12(14-6-4-3-5-7-14)10-11-19-17(20)16-9-8-15(21-16)13(2)18/h3-9,12-13H,10-11H2,1-2H3,(H,19,20). The lowest BCUT2D eigenvalue weighted by Gasteiger charge is -2.11. The number of benzene rings is 1. The summed E-state index contributed by atoms with van der Waals surface area (Å²) in [5.41, 5.74) is 1.28. The Morgan fingerprint density at radius 1 is 1.19 bits per heavy atom. The maximum absolute atomic E-state index is 12.0. The van der Waals surface area contributed by atoms with E-state index in [0.717, 1.165) is 6.42 Å². The highest BCUT2D eigenvalue weighted by Gasteiger charge is 2.13. The summed E-state index contributed by atoms with van der Waals surface area (Å²) in [5, 5.41) is 2.64. The Morgan fingerprint density at radius 2 is 1.90 bits per heavy atom. The molecule has 2 rings (SSSR count). The average Bonchev–Trinajstić information content (AvgIpc) is 2.98. The molecule has 0 aliphatic heterocycles. The quantitative estimate of drug-likeness (QED) is 0.798. The zero-order chi connectivity index (χ0) is 15.2. The van der Waals surface area contributed by atoms with Gasteiger partial charge in [-0.15, -0.1) is 11.6 Å². The predicted octanol–water partition coefficient (Wildman–Crippen LogP) is 4.50. The zero-order valence-corrected chi connectivity index (χ0v) is 13.1. The van der Waals surface area contributed by atoms with Crippen LogP contribution in [0.25, 0.3) is 0 Å². The third-order valence-corrected chi connectivity index (χ3v) is 3.69. The Labute approximate surface area is 130 Å². The molecule has 0 bridgehead atoms. The SMILES string of the molecule is CC(Cl)c1ccc(C(=O)NCCC(C)c2ccccc2)o1. The minimum absolute atomic E-state index is 0.196. The van der Waals surface area contributed by atoms with Gasteiger partial charge in [-0.3, -0.25) is 4.79 Å². The number of furan rings is 1. The van der Waals surface area contributed by atoms with Crippen LogP contribution in [0, 0.1) is 0 Å². The van der Waals surface area contributed by atoms with Crippen LogP contribution in [0.4, 0.5) is 0 Å². The van der Waals surface area contributed by atoms with Crippen molar-refractivity contribution in [1.82, 2.24) is 5.32 Å². The van der Waals surface area contributed by atoms with E-state index in [1.165, 1.54) is 5.56 Å². The second-order valence-corrected chi connectivity index (χ2v) is 5.83. The van der Waals surface area contributed by atoms with Gasteiger partial charge in [-0.1, -0.05) is 37.3 Å². The molecule has 0 fully saturated rings. The molecule has 2 atom stereocenters. The number of rotatable bonds is 6. The van der Waals surface area contributed by atoms with E-state index in [9.17, 15) is 4.79 Å². The molecular formula is C17H20ClNO2. The molecule has 0 aliphatic rings. The fraction of sp³-hybridized carbons (Fsp3) is 0.353. The van der Waals surface area contributed by atoms with E-state index < -0.39 is 0 Å². The molecule has 2 unspecified atom stereocenters. The number of carbonyl (C=O) groups is 1. The third kappa shape index (κ3) is 4.36. The fourth-order valence-corrected chi connectivity index (χ4v) is 2.24. The van der Waals surface area contributed by atoms with Gasteiger partial charge in [-0.2, -0.15) is 0 Å². The van der Waals surface area contributed by atoms with Crippen LogP contribution in [0.3, 0.4) is 0 Å². The van der Waals surface area contributed by atoms with Gasteiger partial charge in [0.25, 0.3) is 5.91 Å². The van der Waals surface area contributed by atoms with Crippen LogP contribution in [0.2, 0.25) is 0 Å². The molecule has 0 spiro atoms. The monoisotopic (exact) mass is 305 g/mol. The van der Waals surface area contributed by atoms with Crippen LogP contribution in [-0.4, -0.2) is 12.5 Å². The van der Waals surface area contributed by atoms with Crippen molar-refractivity contribution in [2.75, 3.05) is 6.54 Å². The lowest BCUT2D eigenvalue weighted by Crippen LogP contribution is -2.24. The number of nitrogens with one attached hydrogen (secondary N) is 1. The van der Waals surface area contributed by atoms with E-state index in [1.807, 2.05) is 25.1 Å². The topological polar surface area (TPSA) is 42.2 Å². The summed E-state index contributed by atoms with van der Waals surface area (Å²) in [4.78, 5) is 12.0. The third-order valence-electron chi connectivity index (χ3n) is 3.47. The largest absolute Gasteiger partial charge is 0.454 e. The second kappa shape index (κ2) is 7.32. The van der Waals surface area contributed by atoms with Gasteiger partial charge >= 0.3 is 0 Å². The van der Waals surface area contributed by atoms with Gasteiger partial charge < -0.3 is 9.73 Å². The molecule has 1 amide bonds. The highest BCUT2D eigenvalue weighted by molar-refractivity contribution is 6.20. The highest BCUT2D eigenvalue weighted by Crippen LogP contribution is 2.22. The summed E-state index contributed by atoms with van der Waals surface area (Å²) in [7, 11) is 0. The first kappa shape index (κ1) is 15.6. The number of hydrogen-bond donors (Lipinski definition) is 1. The van der Waals surface area contributed by atoms with Crippen LogP contribution < -0.4 is 5.32 Å². The molecule has 0 radical (unpaired) electrons. The summed E-state index contributed by atoms with van der Waals surface area (Å²) in [5.74, 6) is 1.13. The lowest BCUT2D eigenvalue weighted by atomic mass is 9.98. The molecular weight excluding hydrogens is 286 g/mol. The molecule has 1 aromatic heterocycles. The zero-order valence-electron chi connectivity index (χ0n) is 12.3. The van der Waals surface area contributed by atoms with E-state index >= 15 is 0 Å². The van der Waals surface area contributed by atoms with Crippen molar-refractivity contribution >= 4 is 17.5 Å². The van der Waals surface area contributed by atoms with Crippen molar-refractivity contribution in [3.05, 3.63) is 59.5 Å². The van der Waals surface area contributed by atoms with Gasteiger partial charge in [-0.25, -0.2) is 0 Å². The molecule has 1 N–H and O–H groups in total.